The maximum atomic E-state index is 3.63. The molecule has 1 aromatic heterocycles. The topological polar surface area (TPSA) is 15.8 Å². The molecule has 1 atom stereocenters. The molecule has 0 radical (unpaired) electrons. The van der Waals surface area contributed by atoms with Crippen LogP contribution in [-0.4, -0.2) is 23.1 Å². The van der Waals surface area contributed by atoms with E-state index in [9.17, 15) is 0 Å². The highest BCUT2D eigenvalue weighted by Crippen LogP contribution is 2.32. The molecule has 0 aliphatic carbocycles. The molecule has 4 rings (SSSR count). The molecule has 0 spiro atoms. The van der Waals surface area contributed by atoms with Crippen LogP contribution in [0.25, 0.3) is 10.9 Å². The van der Waals surface area contributed by atoms with E-state index in [0.29, 0.717) is 0 Å². The molecule has 2 aromatic carbocycles. The third kappa shape index (κ3) is 2.34. The van der Waals surface area contributed by atoms with Crippen LogP contribution in [0.1, 0.15) is 22.4 Å². The fraction of sp³-hybridized carbons (Fsp3) is 0.300. The fourth-order valence-corrected chi connectivity index (χ4v) is 3.81. The van der Waals surface area contributed by atoms with Gasteiger partial charge in [-0.15, -0.1) is 0 Å². The Kier molecular flexibility index (Phi) is 3.08. The lowest BCUT2D eigenvalue weighted by molar-refractivity contribution is -0.937. The number of quaternary nitrogens is 1. The highest BCUT2D eigenvalue weighted by molar-refractivity contribution is 5.85. The van der Waals surface area contributed by atoms with Crippen LogP contribution >= 0.6 is 0 Å². The molecule has 1 aliphatic rings. The molecule has 0 saturated carbocycles. The first kappa shape index (κ1) is 13.6. The van der Waals surface area contributed by atoms with E-state index in [1.165, 1.54) is 39.8 Å². The van der Waals surface area contributed by atoms with Gasteiger partial charge in [-0.3, -0.25) is 0 Å². The molecular formula is C20H23N2+. The fourth-order valence-electron chi connectivity index (χ4n) is 3.81. The first-order chi connectivity index (χ1) is 10.6. The first-order valence-corrected chi connectivity index (χ1v) is 8.11. The van der Waals surface area contributed by atoms with E-state index < -0.39 is 0 Å². The number of aromatic amines is 1. The van der Waals surface area contributed by atoms with Gasteiger partial charge in [0.05, 0.1) is 13.6 Å². The van der Waals surface area contributed by atoms with Crippen LogP contribution in [-0.2, 0) is 19.5 Å². The van der Waals surface area contributed by atoms with Gasteiger partial charge in [0.1, 0.15) is 13.1 Å². The number of nitrogens with zero attached hydrogens (tertiary/aromatic N) is 1. The molecule has 2 heterocycles. The van der Waals surface area contributed by atoms with E-state index in [1.807, 2.05) is 0 Å². The third-order valence-electron chi connectivity index (χ3n) is 5.00. The number of likely N-dealkylation sites (N-methyl/N-ethyl adjacent to an activating group) is 1. The monoisotopic (exact) mass is 291 g/mol. The van der Waals surface area contributed by atoms with Gasteiger partial charge < -0.3 is 9.47 Å². The molecule has 1 unspecified atom stereocenters. The van der Waals surface area contributed by atoms with Crippen molar-refractivity contribution in [2.75, 3.05) is 13.6 Å². The zero-order valence-corrected chi connectivity index (χ0v) is 13.4. The Balaban J connectivity index is 1.70. The van der Waals surface area contributed by atoms with Crippen molar-refractivity contribution in [1.82, 2.24) is 4.98 Å². The standard InChI is InChI=1S/C20H23N2/c1-15-8-9-19-17(12-15)18-14-22(2,11-10-20(18)21-19)13-16-6-4-3-5-7-16/h3-9,12,21H,10-11,13-14H2,1-2H3/q+1. The van der Waals surface area contributed by atoms with Crippen LogP contribution in [0.2, 0.25) is 0 Å². The van der Waals surface area contributed by atoms with Gasteiger partial charge in [-0.05, 0) is 19.1 Å². The minimum Gasteiger partial charge on any atom is -0.358 e. The van der Waals surface area contributed by atoms with E-state index >= 15 is 0 Å². The van der Waals surface area contributed by atoms with E-state index in [2.05, 4.69) is 67.5 Å². The number of aryl methyl sites for hydroxylation is 1. The lowest BCUT2D eigenvalue weighted by atomic mass is 10.0. The number of rotatable bonds is 2. The summed E-state index contributed by atoms with van der Waals surface area (Å²) in [4.78, 5) is 3.63. The van der Waals surface area contributed by atoms with Gasteiger partial charge in [0, 0.05) is 34.1 Å². The Morgan fingerprint density at radius 3 is 2.73 bits per heavy atom. The Morgan fingerprint density at radius 1 is 1.09 bits per heavy atom. The van der Waals surface area contributed by atoms with Crippen molar-refractivity contribution in [3.8, 4) is 0 Å². The molecule has 0 bridgehead atoms. The Hall–Kier alpha value is -2.06. The molecule has 0 fully saturated rings. The lowest BCUT2D eigenvalue weighted by Crippen LogP contribution is -2.46. The van der Waals surface area contributed by atoms with Crippen LogP contribution in [0, 0.1) is 6.92 Å². The van der Waals surface area contributed by atoms with Crippen LogP contribution in [0.4, 0.5) is 0 Å². The highest BCUT2D eigenvalue weighted by Gasteiger charge is 2.31. The molecule has 0 saturated heterocycles. The summed E-state index contributed by atoms with van der Waals surface area (Å²) in [5.74, 6) is 0. The van der Waals surface area contributed by atoms with Crippen LogP contribution in [0.5, 0.6) is 0 Å². The van der Waals surface area contributed by atoms with Crippen molar-refractivity contribution in [1.29, 1.82) is 0 Å². The van der Waals surface area contributed by atoms with Crippen LogP contribution in [0.15, 0.2) is 48.5 Å². The van der Waals surface area contributed by atoms with E-state index in [4.69, 9.17) is 0 Å². The predicted octanol–water partition coefficient (Wildman–Crippen LogP) is 4.18. The Labute approximate surface area is 132 Å². The third-order valence-corrected chi connectivity index (χ3v) is 5.00. The second-order valence-corrected chi connectivity index (χ2v) is 7.03. The zero-order chi connectivity index (χ0) is 15.2. The number of nitrogens with one attached hydrogen (secondary N) is 1. The van der Waals surface area contributed by atoms with Crippen molar-refractivity contribution >= 4 is 10.9 Å². The van der Waals surface area contributed by atoms with Gasteiger partial charge in [0.25, 0.3) is 0 Å². The molecule has 112 valence electrons. The summed E-state index contributed by atoms with van der Waals surface area (Å²) in [5, 5.41) is 1.42. The number of aromatic nitrogens is 1. The number of hydrogen-bond donors (Lipinski definition) is 1. The first-order valence-electron chi connectivity index (χ1n) is 8.11. The van der Waals surface area contributed by atoms with Gasteiger partial charge in [-0.25, -0.2) is 0 Å². The van der Waals surface area contributed by atoms with E-state index in [0.717, 1.165) is 24.0 Å². The number of benzene rings is 2. The van der Waals surface area contributed by atoms with Crippen molar-refractivity contribution in [2.24, 2.45) is 0 Å². The van der Waals surface area contributed by atoms with Crippen molar-refractivity contribution in [3.05, 3.63) is 70.9 Å². The normalized spacial score (nSPS) is 21.0. The Morgan fingerprint density at radius 2 is 1.91 bits per heavy atom. The largest absolute Gasteiger partial charge is 0.358 e. The molecule has 1 aliphatic heterocycles. The number of H-pyrrole nitrogens is 1. The lowest BCUT2D eigenvalue weighted by Gasteiger charge is -2.38. The van der Waals surface area contributed by atoms with Gasteiger partial charge in [0.15, 0.2) is 0 Å². The summed E-state index contributed by atoms with van der Waals surface area (Å²) in [6.45, 7) is 5.61. The SMILES string of the molecule is Cc1ccc2[nH]c3c(c2c1)C[N+](C)(Cc1ccccc1)CC3. The maximum absolute atomic E-state index is 3.63. The second kappa shape index (κ2) is 4.99. The molecule has 2 nitrogen and oxygen atoms in total. The van der Waals surface area contributed by atoms with Gasteiger partial charge in [-0.2, -0.15) is 0 Å². The van der Waals surface area contributed by atoms with E-state index in [-0.39, 0.29) is 0 Å². The smallest absolute Gasteiger partial charge is 0.107 e. The van der Waals surface area contributed by atoms with Crippen LogP contribution < -0.4 is 0 Å². The Bertz CT molecular complexity index is 816. The molecule has 3 aromatic rings. The molecule has 22 heavy (non-hydrogen) atoms. The maximum Gasteiger partial charge on any atom is 0.107 e. The summed E-state index contributed by atoms with van der Waals surface area (Å²) in [7, 11) is 2.39. The van der Waals surface area contributed by atoms with Crippen molar-refractivity contribution < 1.29 is 4.48 Å². The van der Waals surface area contributed by atoms with Crippen molar-refractivity contribution in [2.45, 2.75) is 26.4 Å². The summed E-state index contributed by atoms with van der Waals surface area (Å²) in [6, 6.07) is 17.6. The minimum atomic E-state index is 1.10. The van der Waals surface area contributed by atoms with Gasteiger partial charge >= 0.3 is 0 Å². The second-order valence-electron chi connectivity index (χ2n) is 7.03. The quantitative estimate of drug-likeness (QED) is 0.682. The molecule has 1 N–H and O–H groups in total. The highest BCUT2D eigenvalue weighted by atomic mass is 15.3. The number of hydrogen-bond acceptors (Lipinski definition) is 0. The van der Waals surface area contributed by atoms with Gasteiger partial charge in [0.2, 0.25) is 0 Å². The summed E-state index contributed by atoms with van der Waals surface area (Å²) >= 11 is 0. The van der Waals surface area contributed by atoms with Crippen molar-refractivity contribution in [3.63, 3.8) is 0 Å². The van der Waals surface area contributed by atoms with Crippen LogP contribution in [0.3, 0.4) is 0 Å². The van der Waals surface area contributed by atoms with Gasteiger partial charge in [-0.1, -0.05) is 42.0 Å². The molecule has 2 heteroatoms. The average Bonchev–Trinajstić information content (AvgIpc) is 2.85. The zero-order valence-electron chi connectivity index (χ0n) is 13.4. The average molecular weight is 291 g/mol. The predicted molar refractivity (Wildman–Crippen MR) is 91.6 cm³/mol. The summed E-state index contributed by atoms with van der Waals surface area (Å²) in [5.41, 5.74) is 7.05. The van der Waals surface area contributed by atoms with E-state index in [1.54, 1.807) is 0 Å². The molecule has 0 amide bonds. The number of fused-ring (bicyclic) bond motifs is 3. The molecular weight excluding hydrogens is 268 g/mol. The summed E-state index contributed by atoms with van der Waals surface area (Å²) in [6.07, 6.45) is 1.15. The minimum absolute atomic E-state index is 1.10. The summed E-state index contributed by atoms with van der Waals surface area (Å²) < 4.78 is 1.10.